The van der Waals surface area contributed by atoms with Crippen molar-refractivity contribution in [3.8, 4) is 0 Å². The lowest BCUT2D eigenvalue weighted by Gasteiger charge is -2.05. The third-order valence-corrected chi connectivity index (χ3v) is 3.84. The van der Waals surface area contributed by atoms with Crippen molar-refractivity contribution in [2.75, 3.05) is 5.73 Å². The van der Waals surface area contributed by atoms with Gasteiger partial charge in [-0.05, 0) is 48.4 Å². The lowest BCUT2D eigenvalue weighted by atomic mass is 10.2. The molecule has 0 fully saturated rings. The zero-order chi connectivity index (χ0) is 12.3. The zero-order valence-corrected chi connectivity index (χ0v) is 11.2. The Morgan fingerprint density at radius 2 is 2.00 bits per heavy atom. The number of nitrogens with two attached hydrogens (primary N) is 1. The minimum Gasteiger partial charge on any atom is -0.399 e. The van der Waals surface area contributed by atoms with Gasteiger partial charge in [0.15, 0.2) is 0 Å². The number of benzene rings is 2. The Labute approximate surface area is 111 Å². The lowest BCUT2D eigenvalue weighted by Crippen LogP contribution is -1.89. The van der Waals surface area contributed by atoms with Crippen LogP contribution in [0.5, 0.6) is 0 Å². The number of thioether (sulfide) groups is 1. The topological polar surface area (TPSA) is 26.0 Å². The third kappa shape index (κ3) is 3.42. The molecule has 0 saturated heterocycles. The summed E-state index contributed by atoms with van der Waals surface area (Å²) in [6, 6.07) is 14.1. The fourth-order valence-electron chi connectivity index (χ4n) is 1.53. The highest BCUT2D eigenvalue weighted by molar-refractivity contribution is 7.98. The second-order valence-electron chi connectivity index (χ2n) is 3.94. The van der Waals surface area contributed by atoms with E-state index in [1.54, 1.807) is 11.8 Å². The van der Waals surface area contributed by atoms with E-state index in [4.69, 9.17) is 17.3 Å². The standard InChI is InChI=1S/C14H14ClNS/c1-10-7-13(5-6-14(10)16)17-9-11-3-2-4-12(15)8-11/h2-8H,9,16H2,1H3. The van der Waals surface area contributed by atoms with Crippen molar-refractivity contribution < 1.29 is 0 Å². The molecule has 0 aliphatic rings. The van der Waals surface area contributed by atoms with Gasteiger partial charge in [-0.2, -0.15) is 0 Å². The number of hydrogen-bond donors (Lipinski definition) is 1. The van der Waals surface area contributed by atoms with E-state index in [0.29, 0.717) is 0 Å². The average molecular weight is 264 g/mol. The van der Waals surface area contributed by atoms with E-state index in [2.05, 4.69) is 18.2 Å². The van der Waals surface area contributed by atoms with Crippen LogP contribution in [0.25, 0.3) is 0 Å². The van der Waals surface area contributed by atoms with Gasteiger partial charge < -0.3 is 5.73 Å². The van der Waals surface area contributed by atoms with Crippen LogP contribution in [0.4, 0.5) is 5.69 Å². The summed E-state index contributed by atoms with van der Waals surface area (Å²) in [5, 5.41) is 0.789. The summed E-state index contributed by atoms with van der Waals surface area (Å²) < 4.78 is 0. The fourth-order valence-corrected chi connectivity index (χ4v) is 2.68. The van der Waals surface area contributed by atoms with E-state index >= 15 is 0 Å². The van der Waals surface area contributed by atoms with Crippen molar-refractivity contribution in [2.24, 2.45) is 0 Å². The van der Waals surface area contributed by atoms with Gasteiger partial charge in [0.05, 0.1) is 0 Å². The number of rotatable bonds is 3. The molecule has 0 aliphatic heterocycles. The first-order chi connectivity index (χ1) is 8.15. The summed E-state index contributed by atoms with van der Waals surface area (Å²) in [6.07, 6.45) is 0. The number of hydrogen-bond acceptors (Lipinski definition) is 2. The molecule has 0 atom stereocenters. The largest absolute Gasteiger partial charge is 0.399 e. The van der Waals surface area contributed by atoms with Crippen LogP contribution in [-0.2, 0) is 5.75 Å². The molecule has 2 N–H and O–H groups in total. The van der Waals surface area contributed by atoms with E-state index in [0.717, 1.165) is 22.0 Å². The van der Waals surface area contributed by atoms with Crippen LogP contribution in [0, 0.1) is 6.92 Å². The predicted molar refractivity (Wildman–Crippen MR) is 76.6 cm³/mol. The molecule has 0 aromatic heterocycles. The fraction of sp³-hybridized carbons (Fsp3) is 0.143. The second-order valence-corrected chi connectivity index (χ2v) is 5.42. The number of halogens is 1. The van der Waals surface area contributed by atoms with Crippen molar-refractivity contribution >= 4 is 29.1 Å². The molecule has 0 unspecified atom stereocenters. The van der Waals surface area contributed by atoms with Gasteiger partial charge in [0.1, 0.15) is 0 Å². The maximum atomic E-state index is 5.95. The molecular formula is C14H14ClNS. The van der Waals surface area contributed by atoms with E-state index < -0.39 is 0 Å². The van der Waals surface area contributed by atoms with Gasteiger partial charge in [-0.1, -0.05) is 23.7 Å². The van der Waals surface area contributed by atoms with Gasteiger partial charge in [0.2, 0.25) is 0 Å². The first-order valence-corrected chi connectivity index (χ1v) is 6.75. The molecule has 0 bridgehead atoms. The molecular weight excluding hydrogens is 250 g/mol. The van der Waals surface area contributed by atoms with Crippen molar-refractivity contribution in [2.45, 2.75) is 17.6 Å². The third-order valence-electron chi connectivity index (χ3n) is 2.54. The Hall–Kier alpha value is -1.12. The van der Waals surface area contributed by atoms with E-state index in [-0.39, 0.29) is 0 Å². The Bertz CT molecular complexity index is 525. The van der Waals surface area contributed by atoms with Crippen LogP contribution in [0.2, 0.25) is 5.02 Å². The van der Waals surface area contributed by atoms with Crippen molar-refractivity contribution in [1.82, 2.24) is 0 Å². The predicted octanol–water partition coefficient (Wildman–Crippen LogP) is 4.52. The first-order valence-electron chi connectivity index (χ1n) is 5.38. The summed E-state index contributed by atoms with van der Waals surface area (Å²) in [5.74, 6) is 0.921. The van der Waals surface area contributed by atoms with Crippen LogP contribution in [0.1, 0.15) is 11.1 Å². The van der Waals surface area contributed by atoms with Gasteiger partial charge >= 0.3 is 0 Å². The SMILES string of the molecule is Cc1cc(SCc2cccc(Cl)c2)ccc1N. The summed E-state index contributed by atoms with van der Waals surface area (Å²) >= 11 is 7.74. The molecule has 2 aromatic rings. The summed E-state index contributed by atoms with van der Waals surface area (Å²) in [4.78, 5) is 1.23. The van der Waals surface area contributed by atoms with E-state index in [1.807, 2.05) is 31.2 Å². The van der Waals surface area contributed by atoms with Gasteiger partial charge in [-0.3, -0.25) is 0 Å². The zero-order valence-electron chi connectivity index (χ0n) is 9.61. The molecule has 2 rings (SSSR count). The highest BCUT2D eigenvalue weighted by atomic mass is 35.5. The maximum absolute atomic E-state index is 5.95. The molecule has 0 amide bonds. The van der Waals surface area contributed by atoms with Crippen molar-refractivity contribution in [3.63, 3.8) is 0 Å². The first kappa shape index (κ1) is 12.3. The van der Waals surface area contributed by atoms with Crippen LogP contribution in [0.3, 0.4) is 0 Å². The minimum atomic E-state index is 0.789. The minimum absolute atomic E-state index is 0.789. The molecule has 0 aliphatic carbocycles. The Balaban J connectivity index is 2.05. The monoisotopic (exact) mass is 263 g/mol. The number of aryl methyl sites for hydroxylation is 1. The van der Waals surface area contributed by atoms with Crippen LogP contribution >= 0.6 is 23.4 Å². The maximum Gasteiger partial charge on any atom is 0.0409 e. The summed E-state index contributed by atoms with van der Waals surface area (Å²) in [7, 11) is 0. The smallest absolute Gasteiger partial charge is 0.0409 e. The van der Waals surface area contributed by atoms with Gasteiger partial charge in [0.25, 0.3) is 0 Å². The second kappa shape index (κ2) is 5.48. The highest BCUT2D eigenvalue weighted by Gasteiger charge is 1.99. The quantitative estimate of drug-likeness (QED) is 0.651. The molecule has 17 heavy (non-hydrogen) atoms. The van der Waals surface area contributed by atoms with Gasteiger partial charge in [-0.15, -0.1) is 11.8 Å². The van der Waals surface area contributed by atoms with E-state index in [9.17, 15) is 0 Å². The Kier molecular flexibility index (Phi) is 3.97. The average Bonchev–Trinajstić information content (AvgIpc) is 2.31. The molecule has 1 nitrogen and oxygen atoms in total. The van der Waals surface area contributed by atoms with Crippen LogP contribution in [0.15, 0.2) is 47.4 Å². The molecule has 2 aromatic carbocycles. The molecule has 0 spiro atoms. The summed E-state index contributed by atoms with van der Waals surface area (Å²) in [6.45, 7) is 2.03. The van der Waals surface area contributed by atoms with Crippen molar-refractivity contribution in [1.29, 1.82) is 0 Å². The molecule has 88 valence electrons. The normalized spacial score (nSPS) is 10.5. The molecule has 3 heteroatoms. The Morgan fingerprint density at radius 3 is 2.71 bits per heavy atom. The van der Waals surface area contributed by atoms with Crippen LogP contribution in [-0.4, -0.2) is 0 Å². The molecule has 0 saturated carbocycles. The number of anilines is 1. The highest BCUT2D eigenvalue weighted by Crippen LogP contribution is 2.26. The van der Waals surface area contributed by atoms with E-state index in [1.165, 1.54) is 10.5 Å². The summed E-state index contributed by atoms with van der Waals surface area (Å²) in [5.41, 5.74) is 8.99. The van der Waals surface area contributed by atoms with Gasteiger partial charge in [0, 0.05) is 21.4 Å². The molecule has 0 heterocycles. The Morgan fingerprint density at radius 1 is 1.18 bits per heavy atom. The number of nitrogen functional groups attached to an aromatic ring is 1. The van der Waals surface area contributed by atoms with Gasteiger partial charge in [-0.25, -0.2) is 0 Å². The van der Waals surface area contributed by atoms with Crippen LogP contribution < -0.4 is 5.73 Å². The molecule has 0 radical (unpaired) electrons. The lowest BCUT2D eigenvalue weighted by molar-refractivity contribution is 1.34. The van der Waals surface area contributed by atoms with Crippen molar-refractivity contribution in [3.05, 3.63) is 58.6 Å².